The van der Waals surface area contributed by atoms with Crippen molar-refractivity contribution in [3.05, 3.63) is 83.4 Å². The normalized spacial score (nSPS) is 12.0. The lowest BCUT2D eigenvalue weighted by Gasteiger charge is -2.11. The zero-order valence-corrected chi connectivity index (χ0v) is 14.0. The third-order valence-electron chi connectivity index (χ3n) is 4.57. The number of halogens is 3. The molecule has 0 bridgehead atoms. The Bertz CT molecular complexity index is 1180. The molecule has 0 spiro atoms. The molecule has 0 saturated carbocycles. The van der Waals surface area contributed by atoms with Gasteiger partial charge in [-0.1, -0.05) is 30.3 Å². The maximum atomic E-state index is 13.0. The molecule has 1 radical (unpaired) electrons. The molecule has 4 rings (SSSR count). The van der Waals surface area contributed by atoms with Gasteiger partial charge in [-0.25, -0.2) is 0 Å². The minimum atomic E-state index is -4.40. The number of hydrogen-bond acceptors (Lipinski definition) is 1. The van der Waals surface area contributed by atoms with Crippen LogP contribution in [0.25, 0.3) is 21.8 Å². The molecule has 1 aromatic heterocycles. The quantitative estimate of drug-likeness (QED) is 0.558. The lowest BCUT2D eigenvalue weighted by atomic mass is 10.1. The number of carbonyl (C=O) groups is 1. The van der Waals surface area contributed by atoms with Crippen molar-refractivity contribution in [2.24, 2.45) is 5.73 Å². The van der Waals surface area contributed by atoms with Crippen molar-refractivity contribution >= 4 is 27.7 Å². The molecule has 0 unspecified atom stereocenters. The van der Waals surface area contributed by atoms with Crippen molar-refractivity contribution in [3.8, 4) is 0 Å². The number of aromatic nitrogens is 1. The predicted octanol–water partition coefficient (Wildman–Crippen LogP) is 4.76. The maximum absolute atomic E-state index is 13.0. The SMILES string of the molecule is NC(=O)c1cccc2c1c1[c]cccc1n2Cc1cccc(C(F)(F)F)c1. The van der Waals surface area contributed by atoms with Crippen LogP contribution in [0, 0.1) is 6.07 Å². The molecule has 0 atom stereocenters. The predicted molar refractivity (Wildman–Crippen MR) is 97.3 cm³/mol. The van der Waals surface area contributed by atoms with E-state index in [0.717, 1.165) is 23.2 Å². The molecule has 3 nitrogen and oxygen atoms in total. The van der Waals surface area contributed by atoms with Crippen molar-refractivity contribution in [2.45, 2.75) is 12.7 Å². The Morgan fingerprint density at radius 3 is 2.52 bits per heavy atom. The van der Waals surface area contributed by atoms with Crippen molar-refractivity contribution in [3.63, 3.8) is 0 Å². The van der Waals surface area contributed by atoms with Crippen LogP contribution >= 0.6 is 0 Å². The molecule has 1 heterocycles. The summed E-state index contributed by atoms with van der Waals surface area (Å²) < 4.78 is 41.0. The second-order valence-electron chi connectivity index (χ2n) is 6.28. The van der Waals surface area contributed by atoms with Gasteiger partial charge in [0.1, 0.15) is 0 Å². The number of nitrogens with zero attached hydrogens (tertiary/aromatic N) is 1. The summed E-state index contributed by atoms with van der Waals surface area (Å²) in [7, 11) is 0. The van der Waals surface area contributed by atoms with E-state index < -0.39 is 17.6 Å². The van der Waals surface area contributed by atoms with Crippen LogP contribution in [0.2, 0.25) is 0 Å². The van der Waals surface area contributed by atoms with Crippen LogP contribution in [0.15, 0.2) is 60.7 Å². The van der Waals surface area contributed by atoms with E-state index in [0.29, 0.717) is 21.9 Å². The average Bonchev–Trinajstić information content (AvgIpc) is 2.95. The van der Waals surface area contributed by atoms with Crippen molar-refractivity contribution in [1.29, 1.82) is 0 Å². The monoisotopic (exact) mass is 367 g/mol. The summed E-state index contributed by atoms with van der Waals surface area (Å²) in [6.07, 6.45) is -4.40. The molecule has 6 heteroatoms. The Labute approximate surface area is 152 Å². The van der Waals surface area contributed by atoms with Crippen molar-refractivity contribution in [1.82, 2.24) is 4.57 Å². The highest BCUT2D eigenvalue weighted by atomic mass is 19.4. The fraction of sp³-hybridized carbons (Fsp3) is 0.0952. The molecule has 0 aliphatic rings. The summed E-state index contributed by atoms with van der Waals surface area (Å²) in [5.74, 6) is -0.559. The van der Waals surface area contributed by atoms with Crippen molar-refractivity contribution < 1.29 is 18.0 Å². The van der Waals surface area contributed by atoms with Gasteiger partial charge >= 0.3 is 6.18 Å². The summed E-state index contributed by atoms with van der Waals surface area (Å²) >= 11 is 0. The van der Waals surface area contributed by atoms with Crippen LogP contribution in [0.4, 0.5) is 13.2 Å². The van der Waals surface area contributed by atoms with E-state index >= 15 is 0 Å². The van der Waals surface area contributed by atoms with Crippen LogP contribution in [0.3, 0.4) is 0 Å². The molecular formula is C21H14F3N2O. The molecule has 0 aliphatic heterocycles. The summed E-state index contributed by atoms with van der Waals surface area (Å²) in [6, 6.07) is 18.9. The Morgan fingerprint density at radius 1 is 1.04 bits per heavy atom. The second kappa shape index (κ2) is 6.16. The van der Waals surface area contributed by atoms with E-state index in [-0.39, 0.29) is 6.54 Å². The Hall–Kier alpha value is -3.28. The number of carbonyl (C=O) groups excluding carboxylic acids is 1. The average molecular weight is 367 g/mol. The smallest absolute Gasteiger partial charge is 0.366 e. The highest BCUT2D eigenvalue weighted by molar-refractivity contribution is 6.17. The number of nitrogens with two attached hydrogens (primary N) is 1. The Kier molecular flexibility index (Phi) is 3.91. The lowest BCUT2D eigenvalue weighted by molar-refractivity contribution is -0.137. The van der Waals surface area contributed by atoms with E-state index in [1.807, 2.05) is 16.7 Å². The third kappa shape index (κ3) is 2.93. The van der Waals surface area contributed by atoms with Crippen molar-refractivity contribution in [2.75, 3.05) is 0 Å². The summed E-state index contributed by atoms with van der Waals surface area (Å²) in [6.45, 7) is 0.226. The minimum absolute atomic E-state index is 0.226. The fourth-order valence-corrected chi connectivity index (χ4v) is 3.41. The van der Waals surface area contributed by atoms with Gasteiger partial charge in [-0.15, -0.1) is 0 Å². The van der Waals surface area contributed by atoms with Crippen LogP contribution in [-0.4, -0.2) is 10.5 Å². The Balaban J connectivity index is 1.94. The van der Waals surface area contributed by atoms with Gasteiger partial charge in [0.05, 0.1) is 16.6 Å². The second-order valence-corrected chi connectivity index (χ2v) is 6.28. The van der Waals surface area contributed by atoms with Gasteiger partial charge in [0.25, 0.3) is 0 Å². The maximum Gasteiger partial charge on any atom is 0.416 e. The zero-order chi connectivity index (χ0) is 19.2. The summed E-state index contributed by atoms with van der Waals surface area (Å²) in [5, 5.41) is 1.38. The van der Waals surface area contributed by atoms with E-state index in [9.17, 15) is 18.0 Å². The van der Waals surface area contributed by atoms with E-state index in [4.69, 9.17) is 5.73 Å². The minimum Gasteiger partial charge on any atom is -0.366 e. The number of benzene rings is 3. The number of amides is 1. The van der Waals surface area contributed by atoms with Crippen LogP contribution in [-0.2, 0) is 12.7 Å². The number of fused-ring (bicyclic) bond motifs is 3. The van der Waals surface area contributed by atoms with Crippen LogP contribution in [0.1, 0.15) is 21.5 Å². The molecule has 2 N–H and O–H groups in total. The van der Waals surface area contributed by atoms with Gasteiger partial charge in [0, 0.05) is 22.9 Å². The van der Waals surface area contributed by atoms with E-state index in [2.05, 4.69) is 6.07 Å². The van der Waals surface area contributed by atoms with Gasteiger partial charge < -0.3 is 10.3 Å². The third-order valence-corrected chi connectivity index (χ3v) is 4.57. The zero-order valence-electron chi connectivity index (χ0n) is 14.0. The fourth-order valence-electron chi connectivity index (χ4n) is 3.41. The van der Waals surface area contributed by atoms with Gasteiger partial charge in [-0.05, 0) is 42.0 Å². The molecule has 1 amide bonds. The first-order chi connectivity index (χ1) is 12.9. The number of hydrogen-bond donors (Lipinski definition) is 1. The highest BCUT2D eigenvalue weighted by Gasteiger charge is 2.30. The highest BCUT2D eigenvalue weighted by Crippen LogP contribution is 2.33. The number of alkyl halides is 3. The van der Waals surface area contributed by atoms with Gasteiger partial charge in [-0.2, -0.15) is 13.2 Å². The summed E-state index contributed by atoms with van der Waals surface area (Å²) in [5.41, 5.74) is 7.20. The van der Waals surface area contributed by atoms with Gasteiger partial charge in [0.2, 0.25) is 5.91 Å². The molecule has 27 heavy (non-hydrogen) atoms. The first-order valence-corrected chi connectivity index (χ1v) is 8.24. The molecule has 0 aliphatic carbocycles. The number of primary amides is 1. The van der Waals surface area contributed by atoms with Gasteiger partial charge in [0.15, 0.2) is 0 Å². The molecule has 4 aromatic rings. The topological polar surface area (TPSA) is 48.0 Å². The van der Waals surface area contributed by atoms with E-state index in [1.165, 1.54) is 6.07 Å². The molecule has 0 saturated heterocycles. The standard InChI is InChI=1S/C21H14F3N2O/c22-21(23,24)14-6-3-5-13(11-14)12-26-17-9-2-1-7-15(17)19-16(20(25)27)8-4-10-18(19)26/h1-6,8-11H,12H2,(H2,25,27). The molecular weight excluding hydrogens is 353 g/mol. The molecule has 3 aromatic carbocycles. The molecule has 0 fully saturated rings. The van der Waals surface area contributed by atoms with Crippen LogP contribution in [0.5, 0.6) is 0 Å². The summed E-state index contributed by atoms with van der Waals surface area (Å²) in [4.78, 5) is 11.9. The number of rotatable bonds is 3. The molecule has 135 valence electrons. The van der Waals surface area contributed by atoms with E-state index in [1.54, 1.807) is 30.3 Å². The van der Waals surface area contributed by atoms with Crippen LogP contribution < -0.4 is 5.73 Å². The lowest BCUT2D eigenvalue weighted by Crippen LogP contribution is -2.11. The van der Waals surface area contributed by atoms with Gasteiger partial charge in [-0.3, -0.25) is 4.79 Å². The Morgan fingerprint density at radius 2 is 1.78 bits per heavy atom. The largest absolute Gasteiger partial charge is 0.416 e. The first kappa shape index (κ1) is 17.1. The first-order valence-electron chi connectivity index (χ1n) is 8.24.